The van der Waals surface area contributed by atoms with Gasteiger partial charge in [0.2, 0.25) is 0 Å². The van der Waals surface area contributed by atoms with Crippen molar-refractivity contribution in [3.05, 3.63) is 23.6 Å². The minimum absolute atomic E-state index is 0.00565. The van der Waals surface area contributed by atoms with Crippen molar-refractivity contribution in [1.29, 1.82) is 0 Å². The maximum Gasteiger partial charge on any atom is 0.254 e. The van der Waals surface area contributed by atoms with Crippen molar-refractivity contribution in [1.82, 2.24) is 10.3 Å². The molecule has 0 aliphatic rings. The molecule has 15 heavy (non-hydrogen) atoms. The van der Waals surface area contributed by atoms with Crippen LogP contribution in [0.25, 0.3) is 0 Å². The van der Waals surface area contributed by atoms with Crippen molar-refractivity contribution in [2.24, 2.45) is 0 Å². The second-order valence-corrected chi connectivity index (χ2v) is 3.03. The fourth-order valence-corrected chi connectivity index (χ4v) is 1.12. The first kappa shape index (κ1) is 11.4. The molecule has 0 saturated heterocycles. The summed E-state index contributed by atoms with van der Waals surface area (Å²) < 4.78 is 13.6. The lowest BCUT2D eigenvalue weighted by Crippen LogP contribution is -2.20. The summed E-state index contributed by atoms with van der Waals surface area (Å²) in [5, 5.41) is 5.19. The van der Waals surface area contributed by atoms with Crippen LogP contribution in [0.15, 0.2) is 12.3 Å². The van der Waals surface area contributed by atoms with Crippen LogP contribution in [0.2, 0.25) is 0 Å². The lowest BCUT2D eigenvalue weighted by Gasteiger charge is -2.07. The van der Waals surface area contributed by atoms with E-state index in [4.69, 9.17) is 0 Å². The summed E-state index contributed by atoms with van der Waals surface area (Å²) >= 11 is 0. The third-order valence-electron chi connectivity index (χ3n) is 1.90. The minimum Gasteiger partial charge on any atom is -0.368 e. The van der Waals surface area contributed by atoms with Crippen LogP contribution in [0.4, 0.5) is 10.2 Å². The zero-order valence-electron chi connectivity index (χ0n) is 8.80. The Kier molecular flexibility index (Phi) is 4.03. The Balaban J connectivity index is 2.95. The highest BCUT2D eigenvalue weighted by atomic mass is 19.1. The molecule has 0 spiro atoms. The molecule has 1 amide bonds. The fraction of sp³-hybridized carbons (Fsp3) is 0.400. The monoisotopic (exact) mass is 211 g/mol. The number of amides is 1. The van der Waals surface area contributed by atoms with Crippen molar-refractivity contribution in [2.45, 2.75) is 13.3 Å². The topological polar surface area (TPSA) is 54.0 Å². The highest BCUT2D eigenvalue weighted by Crippen LogP contribution is 2.14. The lowest BCUT2D eigenvalue weighted by atomic mass is 10.2. The van der Waals surface area contributed by atoms with Crippen molar-refractivity contribution in [2.75, 3.05) is 18.9 Å². The van der Waals surface area contributed by atoms with Gasteiger partial charge in [-0.1, -0.05) is 6.92 Å². The molecule has 1 rings (SSSR count). The minimum atomic E-state index is -0.606. The molecule has 0 atom stereocenters. The molecular weight excluding hydrogens is 197 g/mol. The molecule has 0 aliphatic carbocycles. The summed E-state index contributed by atoms with van der Waals surface area (Å²) in [5.41, 5.74) is 0.00565. The van der Waals surface area contributed by atoms with Crippen molar-refractivity contribution in [3.63, 3.8) is 0 Å². The van der Waals surface area contributed by atoms with Crippen LogP contribution in [0, 0.1) is 5.82 Å². The van der Waals surface area contributed by atoms with Gasteiger partial charge in [-0.3, -0.25) is 4.79 Å². The van der Waals surface area contributed by atoms with Crippen LogP contribution in [0.5, 0.6) is 0 Å². The van der Waals surface area contributed by atoms with Gasteiger partial charge in [0.25, 0.3) is 5.91 Å². The Hall–Kier alpha value is -1.65. The highest BCUT2D eigenvalue weighted by Gasteiger charge is 2.14. The zero-order chi connectivity index (χ0) is 11.3. The number of aromatic nitrogens is 1. The first-order valence-electron chi connectivity index (χ1n) is 4.81. The summed E-state index contributed by atoms with van der Waals surface area (Å²) in [4.78, 5) is 15.1. The van der Waals surface area contributed by atoms with E-state index < -0.39 is 11.7 Å². The molecule has 0 radical (unpaired) electrons. The average molecular weight is 211 g/mol. The Morgan fingerprint density at radius 1 is 1.60 bits per heavy atom. The first-order chi connectivity index (χ1) is 7.20. The summed E-state index contributed by atoms with van der Waals surface area (Å²) in [5.74, 6) is -0.933. The smallest absolute Gasteiger partial charge is 0.254 e. The number of carbonyl (C=O) groups excluding carboxylic acids is 1. The SMILES string of the molecule is CCCNc1nccc(C(=O)NC)c1F. The number of hydrogen-bond donors (Lipinski definition) is 2. The predicted molar refractivity (Wildman–Crippen MR) is 56.4 cm³/mol. The molecule has 0 aliphatic heterocycles. The van der Waals surface area contributed by atoms with E-state index in [9.17, 15) is 9.18 Å². The van der Waals surface area contributed by atoms with Gasteiger partial charge in [-0.15, -0.1) is 0 Å². The zero-order valence-corrected chi connectivity index (χ0v) is 8.80. The normalized spacial score (nSPS) is 9.80. The van der Waals surface area contributed by atoms with E-state index in [0.717, 1.165) is 6.42 Å². The van der Waals surface area contributed by atoms with E-state index in [-0.39, 0.29) is 11.4 Å². The molecule has 1 aromatic rings. The number of anilines is 1. The van der Waals surface area contributed by atoms with E-state index in [1.54, 1.807) is 0 Å². The van der Waals surface area contributed by atoms with Crippen LogP contribution >= 0.6 is 0 Å². The maximum absolute atomic E-state index is 13.6. The summed E-state index contributed by atoms with van der Waals surface area (Å²) in [7, 11) is 1.46. The summed E-state index contributed by atoms with van der Waals surface area (Å²) in [6, 6.07) is 1.35. The first-order valence-corrected chi connectivity index (χ1v) is 4.81. The molecule has 82 valence electrons. The van der Waals surface area contributed by atoms with Gasteiger partial charge < -0.3 is 10.6 Å². The number of nitrogens with one attached hydrogen (secondary N) is 2. The quantitative estimate of drug-likeness (QED) is 0.791. The number of nitrogens with zero attached hydrogens (tertiary/aromatic N) is 1. The number of carbonyl (C=O) groups is 1. The maximum atomic E-state index is 13.6. The van der Waals surface area contributed by atoms with E-state index in [0.29, 0.717) is 6.54 Å². The number of rotatable bonds is 4. The van der Waals surface area contributed by atoms with Crippen LogP contribution in [-0.4, -0.2) is 24.5 Å². The molecule has 0 unspecified atom stereocenters. The second kappa shape index (κ2) is 5.29. The third-order valence-corrected chi connectivity index (χ3v) is 1.90. The van der Waals surface area contributed by atoms with Gasteiger partial charge in [-0.25, -0.2) is 9.37 Å². The Morgan fingerprint density at radius 3 is 2.93 bits per heavy atom. The molecule has 0 bridgehead atoms. The van der Waals surface area contributed by atoms with Crippen LogP contribution < -0.4 is 10.6 Å². The van der Waals surface area contributed by atoms with E-state index in [1.165, 1.54) is 19.3 Å². The molecule has 0 saturated carbocycles. The largest absolute Gasteiger partial charge is 0.368 e. The highest BCUT2D eigenvalue weighted by molar-refractivity contribution is 5.94. The van der Waals surface area contributed by atoms with Crippen molar-refractivity contribution >= 4 is 11.7 Å². The van der Waals surface area contributed by atoms with Gasteiger partial charge in [0.1, 0.15) is 0 Å². The Bertz CT molecular complexity index is 355. The summed E-state index contributed by atoms with van der Waals surface area (Å²) in [6.45, 7) is 2.59. The molecule has 2 N–H and O–H groups in total. The Morgan fingerprint density at radius 2 is 2.33 bits per heavy atom. The standard InChI is InChI=1S/C10H14FN3O/c1-3-5-13-9-8(11)7(4-6-14-9)10(15)12-2/h4,6H,3,5H2,1-2H3,(H,12,15)(H,13,14). The number of halogens is 1. The van der Waals surface area contributed by atoms with E-state index in [1.807, 2.05) is 6.92 Å². The van der Waals surface area contributed by atoms with Crippen molar-refractivity contribution < 1.29 is 9.18 Å². The van der Waals surface area contributed by atoms with E-state index >= 15 is 0 Å². The van der Waals surface area contributed by atoms with Crippen molar-refractivity contribution in [3.8, 4) is 0 Å². The van der Waals surface area contributed by atoms with Crippen LogP contribution in [0.3, 0.4) is 0 Å². The molecule has 1 aromatic heterocycles. The van der Waals surface area contributed by atoms with Crippen LogP contribution in [0.1, 0.15) is 23.7 Å². The molecule has 4 nitrogen and oxygen atoms in total. The molecule has 1 heterocycles. The molecular formula is C10H14FN3O. The van der Waals surface area contributed by atoms with Gasteiger partial charge in [-0.05, 0) is 12.5 Å². The van der Waals surface area contributed by atoms with Gasteiger partial charge in [-0.2, -0.15) is 0 Å². The Labute approximate surface area is 87.9 Å². The van der Waals surface area contributed by atoms with E-state index in [2.05, 4.69) is 15.6 Å². The second-order valence-electron chi connectivity index (χ2n) is 3.03. The average Bonchev–Trinajstić information content (AvgIpc) is 2.27. The third kappa shape index (κ3) is 2.65. The summed E-state index contributed by atoms with van der Waals surface area (Å²) in [6.07, 6.45) is 2.27. The lowest BCUT2D eigenvalue weighted by molar-refractivity contribution is 0.0959. The fourth-order valence-electron chi connectivity index (χ4n) is 1.12. The predicted octanol–water partition coefficient (Wildman–Crippen LogP) is 1.40. The van der Waals surface area contributed by atoms with Crippen LogP contribution in [-0.2, 0) is 0 Å². The van der Waals surface area contributed by atoms with Gasteiger partial charge in [0.15, 0.2) is 11.6 Å². The molecule has 5 heteroatoms. The van der Waals surface area contributed by atoms with Gasteiger partial charge >= 0.3 is 0 Å². The molecule has 0 aromatic carbocycles. The number of hydrogen-bond acceptors (Lipinski definition) is 3. The number of pyridine rings is 1. The van der Waals surface area contributed by atoms with Gasteiger partial charge in [0.05, 0.1) is 5.56 Å². The van der Waals surface area contributed by atoms with Gasteiger partial charge in [0, 0.05) is 19.8 Å². The molecule has 0 fully saturated rings.